The highest BCUT2D eigenvalue weighted by molar-refractivity contribution is 9.11. The molecule has 0 unspecified atom stereocenters. The molecule has 1 rings (SSSR count). The maximum absolute atomic E-state index is 4.25. The minimum Gasteiger partial charge on any atom is -0.388 e. The Morgan fingerprint density at radius 2 is 1.09 bits per heavy atom. The van der Waals surface area contributed by atoms with Crippen LogP contribution in [-0.4, -0.2) is 14.2 Å². The molecule has 0 spiro atoms. The van der Waals surface area contributed by atoms with Gasteiger partial charge in [0.15, 0.2) is 0 Å². The van der Waals surface area contributed by atoms with Crippen LogP contribution in [0.1, 0.15) is 0 Å². The highest BCUT2D eigenvalue weighted by atomic mass is 79.9. The first-order valence-corrected chi connectivity index (χ1v) is 4.60. The summed E-state index contributed by atoms with van der Waals surface area (Å²) in [6.07, 6.45) is 0. The molecule has 0 aromatic heterocycles. The third-order valence-corrected chi connectivity index (χ3v) is 1.86. The number of rotatable bonds is 0. The number of halogens is 2. The van der Waals surface area contributed by atoms with Crippen molar-refractivity contribution in [3.8, 4) is 0 Å². The average Bonchev–Trinajstić information content (AvgIpc) is 1.97. The fourth-order valence-corrected chi connectivity index (χ4v) is 0.958. The van der Waals surface area contributed by atoms with Gasteiger partial charge in [0.2, 0.25) is 0 Å². The van der Waals surface area contributed by atoms with Crippen LogP contribution in [0.4, 0.5) is 0 Å². The highest BCUT2D eigenvalue weighted by Crippen LogP contribution is 2.14. The van der Waals surface area contributed by atoms with Gasteiger partial charge in [-0.15, -0.1) is 0 Å². The normalized spacial score (nSPS) is 8.36. The van der Waals surface area contributed by atoms with E-state index in [1.807, 2.05) is 24.3 Å². The summed E-state index contributed by atoms with van der Waals surface area (Å²) in [5.41, 5.74) is 0. The summed E-state index contributed by atoms with van der Waals surface area (Å²) in [6.45, 7) is 0. The average molecular weight is 282 g/mol. The maximum Gasteiger partial charge on any atom is 0.0351 e. The number of benzene rings is 1. The molecule has 62 valence electrons. The lowest BCUT2D eigenvalue weighted by Gasteiger charge is -1.86. The highest BCUT2D eigenvalue weighted by Gasteiger charge is 1.83. The van der Waals surface area contributed by atoms with Gasteiger partial charge in [0.05, 0.1) is 0 Å². The molecule has 1 aromatic carbocycles. The molecule has 0 N–H and O–H groups in total. The summed E-state index contributed by atoms with van der Waals surface area (Å²) < 4.78 is 6.47. The molecule has 0 heterocycles. The molecule has 0 bridgehead atoms. The Morgan fingerprint density at radius 3 is 1.27 bits per heavy atom. The van der Waals surface area contributed by atoms with Crippen LogP contribution in [0.15, 0.2) is 33.2 Å². The van der Waals surface area contributed by atoms with Gasteiger partial charge in [-0.05, 0) is 24.3 Å². The summed E-state index contributed by atoms with van der Waals surface area (Å²) in [4.78, 5) is 0. The van der Waals surface area contributed by atoms with E-state index in [0.717, 1.165) is 8.95 Å². The summed E-state index contributed by atoms with van der Waals surface area (Å²) in [5.74, 6) is 0. The molecule has 0 aliphatic rings. The zero-order valence-electron chi connectivity index (χ0n) is 6.47. The van der Waals surface area contributed by atoms with Crippen LogP contribution in [0.2, 0.25) is 0 Å². The van der Waals surface area contributed by atoms with Crippen molar-refractivity contribution in [2.75, 3.05) is 14.2 Å². The monoisotopic (exact) mass is 280 g/mol. The number of hydrogen-bond donors (Lipinski definition) is 0. The van der Waals surface area contributed by atoms with E-state index in [9.17, 15) is 0 Å². The van der Waals surface area contributed by atoms with E-state index >= 15 is 0 Å². The van der Waals surface area contributed by atoms with Crippen LogP contribution in [0, 0.1) is 0 Å². The van der Waals surface area contributed by atoms with Gasteiger partial charge in [-0.25, -0.2) is 0 Å². The van der Waals surface area contributed by atoms with E-state index in [1.165, 1.54) is 0 Å². The van der Waals surface area contributed by atoms with E-state index in [2.05, 4.69) is 36.6 Å². The molecule has 0 fully saturated rings. The summed E-state index contributed by atoms with van der Waals surface area (Å²) in [7, 11) is 3.25. The van der Waals surface area contributed by atoms with Crippen LogP contribution >= 0.6 is 31.9 Å². The maximum atomic E-state index is 4.25. The Morgan fingerprint density at radius 1 is 0.909 bits per heavy atom. The Bertz CT molecular complexity index is 163. The second-order valence-electron chi connectivity index (χ2n) is 1.84. The Labute approximate surface area is 84.0 Å². The standard InChI is InChI=1S/C6H4Br2.C2H6O/c7-5-1-2-6(8)4-3-5;1-3-2/h1-4H;1-2H3. The van der Waals surface area contributed by atoms with Crippen LogP contribution in [-0.2, 0) is 4.74 Å². The molecule has 1 nitrogen and oxygen atoms in total. The smallest absolute Gasteiger partial charge is 0.0351 e. The second-order valence-corrected chi connectivity index (χ2v) is 3.68. The van der Waals surface area contributed by atoms with Gasteiger partial charge in [0.1, 0.15) is 0 Å². The van der Waals surface area contributed by atoms with Crippen molar-refractivity contribution < 1.29 is 4.74 Å². The first-order valence-electron chi connectivity index (χ1n) is 3.02. The Hall–Kier alpha value is 0.140. The lowest BCUT2D eigenvalue weighted by molar-refractivity contribution is 0.277. The van der Waals surface area contributed by atoms with Gasteiger partial charge in [-0.3, -0.25) is 0 Å². The molecule has 0 saturated carbocycles. The van der Waals surface area contributed by atoms with Gasteiger partial charge in [-0.2, -0.15) is 0 Å². The predicted octanol–water partition coefficient (Wildman–Crippen LogP) is 3.47. The van der Waals surface area contributed by atoms with E-state index < -0.39 is 0 Å². The summed E-state index contributed by atoms with van der Waals surface area (Å²) in [5, 5.41) is 0. The Kier molecular flexibility index (Phi) is 6.91. The molecular weight excluding hydrogens is 272 g/mol. The SMILES string of the molecule is Brc1ccc(Br)cc1.COC. The lowest BCUT2D eigenvalue weighted by Crippen LogP contribution is -1.61. The molecule has 0 aliphatic carbocycles. The third kappa shape index (κ3) is 6.53. The molecule has 0 atom stereocenters. The number of methoxy groups -OCH3 is 1. The fraction of sp³-hybridized carbons (Fsp3) is 0.250. The molecule has 3 heteroatoms. The van der Waals surface area contributed by atoms with Gasteiger partial charge >= 0.3 is 0 Å². The zero-order valence-corrected chi connectivity index (χ0v) is 9.65. The zero-order chi connectivity index (χ0) is 8.69. The van der Waals surface area contributed by atoms with Crippen LogP contribution in [0.5, 0.6) is 0 Å². The van der Waals surface area contributed by atoms with Crippen LogP contribution in [0.25, 0.3) is 0 Å². The first kappa shape index (κ1) is 11.1. The molecule has 0 aliphatic heterocycles. The number of hydrogen-bond acceptors (Lipinski definition) is 1. The van der Waals surface area contributed by atoms with E-state index in [4.69, 9.17) is 0 Å². The van der Waals surface area contributed by atoms with Gasteiger partial charge in [0.25, 0.3) is 0 Å². The quantitative estimate of drug-likeness (QED) is 0.708. The molecule has 0 saturated heterocycles. The summed E-state index contributed by atoms with van der Waals surface area (Å²) >= 11 is 6.65. The van der Waals surface area contributed by atoms with Crippen molar-refractivity contribution >= 4 is 31.9 Å². The predicted molar refractivity (Wildman–Crippen MR) is 54.8 cm³/mol. The Balaban J connectivity index is 0.000000292. The van der Waals surface area contributed by atoms with Crippen molar-refractivity contribution in [3.63, 3.8) is 0 Å². The van der Waals surface area contributed by atoms with Gasteiger partial charge < -0.3 is 4.74 Å². The molecule has 1 aromatic rings. The second kappa shape index (κ2) is 6.83. The van der Waals surface area contributed by atoms with Crippen molar-refractivity contribution in [3.05, 3.63) is 33.2 Å². The van der Waals surface area contributed by atoms with E-state index in [0.29, 0.717) is 0 Å². The molecule has 0 radical (unpaired) electrons. The molecular formula is C8H10Br2O. The number of ether oxygens (including phenoxy) is 1. The first-order chi connectivity index (χ1) is 5.20. The molecule has 0 amide bonds. The fourth-order valence-electron chi connectivity index (χ4n) is 0.430. The van der Waals surface area contributed by atoms with Gasteiger partial charge in [0, 0.05) is 23.2 Å². The molecule has 11 heavy (non-hydrogen) atoms. The van der Waals surface area contributed by atoms with E-state index in [-0.39, 0.29) is 0 Å². The minimum atomic E-state index is 1.11. The van der Waals surface area contributed by atoms with Crippen molar-refractivity contribution in [1.29, 1.82) is 0 Å². The van der Waals surface area contributed by atoms with Crippen molar-refractivity contribution in [2.24, 2.45) is 0 Å². The minimum absolute atomic E-state index is 1.11. The largest absolute Gasteiger partial charge is 0.388 e. The topological polar surface area (TPSA) is 9.23 Å². The van der Waals surface area contributed by atoms with Crippen molar-refractivity contribution in [1.82, 2.24) is 0 Å². The van der Waals surface area contributed by atoms with E-state index in [1.54, 1.807) is 14.2 Å². The third-order valence-electron chi connectivity index (χ3n) is 0.804. The summed E-state index contributed by atoms with van der Waals surface area (Å²) in [6, 6.07) is 7.96. The van der Waals surface area contributed by atoms with Crippen molar-refractivity contribution in [2.45, 2.75) is 0 Å². The van der Waals surface area contributed by atoms with Crippen LogP contribution in [0.3, 0.4) is 0 Å². The van der Waals surface area contributed by atoms with Gasteiger partial charge in [-0.1, -0.05) is 31.9 Å². The van der Waals surface area contributed by atoms with Crippen LogP contribution < -0.4 is 0 Å². The lowest BCUT2D eigenvalue weighted by atomic mass is 10.4.